The number of sulfonamides is 1. The van der Waals surface area contributed by atoms with E-state index in [1.165, 1.54) is 28.4 Å². The normalized spacial score (nSPS) is 20.5. The molecule has 9 nitrogen and oxygen atoms in total. The molecule has 0 bridgehead atoms. The Morgan fingerprint density at radius 1 is 1.17 bits per heavy atom. The summed E-state index contributed by atoms with van der Waals surface area (Å²) in [7, 11) is -2.71. The molecule has 188 valence electrons. The molecule has 1 amide bonds. The summed E-state index contributed by atoms with van der Waals surface area (Å²) in [5, 5.41) is 0.274. The summed E-state index contributed by atoms with van der Waals surface area (Å²) in [5.74, 6) is -0.852. The highest BCUT2D eigenvalue weighted by atomic mass is 35.5. The van der Waals surface area contributed by atoms with Gasteiger partial charge in [-0.1, -0.05) is 23.7 Å². The van der Waals surface area contributed by atoms with Crippen molar-refractivity contribution in [3.05, 3.63) is 47.5 Å². The number of nitrogens with zero attached hydrogens (tertiary/aromatic N) is 2. The Morgan fingerprint density at radius 2 is 1.94 bits per heavy atom. The number of ether oxygens (including phenoxy) is 3. The van der Waals surface area contributed by atoms with Gasteiger partial charge in [-0.25, -0.2) is 13.2 Å². The van der Waals surface area contributed by atoms with Gasteiger partial charge in [-0.3, -0.25) is 4.79 Å². The highest BCUT2D eigenvalue weighted by Crippen LogP contribution is 2.37. The van der Waals surface area contributed by atoms with Crippen molar-refractivity contribution in [3.63, 3.8) is 0 Å². The number of halogens is 1. The summed E-state index contributed by atoms with van der Waals surface area (Å²) < 4.78 is 44.5. The Kier molecular flexibility index (Phi) is 7.53. The van der Waals surface area contributed by atoms with Crippen LogP contribution in [0.15, 0.2) is 47.4 Å². The van der Waals surface area contributed by atoms with E-state index in [0.29, 0.717) is 30.9 Å². The Morgan fingerprint density at radius 3 is 2.69 bits per heavy atom. The predicted molar refractivity (Wildman–Crippen MR) is 129 cm³/mol. The van der Waals surface area contributed by atoms with Crippen LogP contribution in [0.3, 0.4) is 0 Å². The van der Waals surface area contributed by atoms with E-state index in [9.17, 15) is 18.0 Å². The number of amides is 1. The first kappa shape index (κ1) is 25.3. The van der Waals surface area contributed by atoms with E-state index in [1.807, 2.05) is 0 Å². The minimum Gasteiger partial charge on any atom is -0.492 e. The average molecular weight is 523 g/mol. The second-order valence-corrected chi connectivity index (χ2v) is 10.6. The van der Waals surface area contributed by atoms with Crippen LogP contribution in [0.5, 0.6) is 11.5 Å². The van der Waals surface area contributed by atoms with Gasteiger partial charge in [0.25, 0.3) is 0 Å². The van der Waals surface area contributed by atoms with Crippen molar-refractivity contribution < 1.29 is 32.2 Å². The molecule has 0 aromatic heterocycles. The number of rotatable bonds is 6. The maximum Gasteiger partial charge on any atom is 0.348 e. The van der Waals surface area contributed by atoms with Gasteiger partial charge in [-0.05, 0) is 50.1 Å². The molecule has 11 heteroatoms. The first-order valence-electron chi connectivity index (χ1n) is 11.3. The molecule has 0 spiro atoms. The van der Waals surface area contributed by atoms with E-state index < -0.39 is 28.0 Å². The second-order valence-electron chi connectivity index (χ2n) is 8.27. The minimum absolute atomic E-state index is 0.00165. The maximum absolute atomic E-state index is 13.7. The van der Waals surface area contributed by atoms with Gasteiger partial charge < -0.3 is 19.1 Å². The summed E-state index contributed by atoms with van der Waals surface area (Å²) in [6.45, 7) is 2.32. The van der Waals surface area contributed by atoms with Gasteiger partial charge >= 0.3 is 5.97 Å². The number of fused-ring (bicyclic) bond motifs is 1. The lowest BCUT2D eigenvalue weighted by atomic mass is 9.97. The first-order chi connectivity index (χ1) is 16.8. The Balaban J connectivity index is 1.60. The molecule has 0 radical (unpaired) electrons. The van der Waals surface area contributed by atoms with E-state index in [1.54, 1.807) is 37.3 Å². The molecule has 2 unspecified atom stereocenters. The highest BCUT2D eigenvalue weighted by Gasteiger charge is 2.40. The van der Waals surface area contributed by atoms with E-state index in [4.69, 9.17) is 25.8 Å². The third-order valence-corrected chi connectivity index (χ3v) is 8.18. The molecule has 2 aliphatic rings. The van der Waals surface area contributed by atoms with E-state index >= 15 is 0 Å². The number of benzene rings is 2. The van der Waals surface area contributed by atoms with Crippen LogP contribution in [0, 0.1) is 5.92 Å². The molecule has 0 aliphatic carbocycles. The molecule has 4 rings (SSSR count). The molecule has 2 heterocycles. The van der Waals surface area contributed by atoms with E-state index in [2.05, 4.69) is 0 Å². The molecule has 35 heavy (non-hydrogen) atoms. The predicted octanol–water partition coefficient (Wildman–Crippen LogP) is 3.11. The van der Waals surface area contributed by atoms with Gasteiger partial charge in [0.05, 0.1) is 31.9 Å². The van der Waals surface area contributed by atoms with Gasteiger partial charge in [-0.15, -0.1) is 0 Å². The fourth-order valence-electron chi connectivity index (χ4n) is 4.38. The Hall–Kier alpha value is -2.82. The number of hydrogen-bond acceptors (Lipinski definition) is 7. The van der Waals surface area contributed by atoms with Crippen molar-refractivity contribution in [1.82, 2.24) is 4.31 Å². The second kappa shape index (κ2) is 10.4. The van der Waals surface area contributed by atoms with Crippen LogP contribution in [0.2, 0.25) is 5.02 Å². The van der Waals surface area contributed by atoms with Crippen LogP contribution in [0.4, 0.5) is 5.69 Å². The third-order valence-electron chi connectivity index (χ3n) is 6.06. The maximum atomic E-state index is 13.7. The smallest absolute Gasteiger partial charge is 0.348 e. The van der Waals surface area contributed by atoms with Crippen LogP contribution in [0.1, 0.15) is 19.8 Å². The lowest BCUT2D eigenvalue weighted by molar-refractivity contribution is -0.148. The minimum atomic E-state index is -3.97. The fourth-order valence-corrected chi connectivity index (χ4v) is 6.30. The van der Waals surface area contributed by atoms with Gasteiger partial charge in [0, 0.05) is 18.1 Å². The van der Waals surface area contributed by atoms with Crippen LogP contribution in [-0.4, -0.2) is 64.1 Å². The molecule has 2 aromatic carbocycles. The van der Waals surface area contributed by atoms with E-state index in [-0.39, 0.29) is 41.2 Å². The van der Waals surface area contributed by atoms with Crippen LogP contribution in [0.25, 0.3) is 0 Å². The number of hydrogen-bond donors (Lipinski definition) is 0. The van der Waals surface area contributed by atoms with Gasteiger partial charge in [0.15, 0.2) is 0 Å². The van der Waals surface area contributed by atoms with Crippen LogP contribution < -0.4 is 14.4 Å². The average Bonchev–Trinajstić information content (AvgIpc) is 2.88. The standard InChI is InChI=1S/C24H27ClN2O7S/c1-3-33-20-11-10-17(25)13-22(20)35(30,31)26-12-6-7-16(14-26)23(28)27-15-21(24(29)32-2)34-19-9-5-4-8-18(19)27/h4-5,8-11,13,16,21H,3,6-7,12,14-15H2,1-2H3. The number of anilines is 1. The summed E-state index contributed by atoms with van der Waals surface area (Å²) in [6, 6.07) is 11.4. The van der Waals surface area contributed by atoms with Crippen molar-refractivity contribution in [2.75, 3.05) is 38.3 Å². The lowest BCUT2D eigenvalue weighted by Crippen LogP contribution is -2.52. The molecular formula is C24H27ClN2O7S. The monoisotopic (exact) mass is 522 g/mol. The molecule has 0 N–H and O–H groups in total. The number of carbonyl (C=O) groups excluding carboxylic acids is 2. The molecule has 1 saturated heterocycles. The largest absolute Gasteiger partial charge is 0.492 e. The molecule has 0 saturated carbocycles. The fraction of sp³-hybridized carbons (Fsp3) is 0.417. The van der Waals surface area contributed by atoms with Crippen LogP contribution in [-0.2, 0) is 24.3 Å². The van der Waals surface area contributed by atoms with Gasteiger partial charge in [0.1, 0.15) is 16.4 Å². The summed E-state index contributed by atoms with van der Waals surface area (Å²) in [4.78, 5) is 27.3. The molecular weight excluding hydrogens is 496 g/mol. The quantitative estimate of drug-likeness (QED) is 0.537. The number of piperidine rings is 1. The van der Waals surface area contributed by atoms with E-state index in [0.717, 1.165) is 0 Å². The van der Waals surface area contributed by atoms with Crippen molar-refractivity contribution >= 4 is 39.2 Å². The van der Waals surface area contributed by atoms with Gasteiger partial charge in [0.2, 0.25) is 22.0 Å². The summed E-state index contributed by atoms with van der Waals surface area (Å²) >= 11 is 6.09. The third kappa shape index (κ3) is 5.10. The zero-order valence-corrected chi connectivity index (χ0v) is 21.0. The first-order valence-corrected chi connectivity index (χ1v) is 13.2. The van der Waals surface area contributed by atoms with Crippen molar-refractivity contribution in [1.29, 1.82) is 0 Å². The zero-order valence-electron chi connectivity index (χ0n) is 19.5. The Labute approximate surface area is 209 Å². The SMILES string of the molecule is CCOc1ccc(Cl)cc1S(=O)(=O)N1CCCC(C(=O)N2CC(C(=O)OC)Oc3ccccc32)C1. The summed E-state index contributed by atoms with van der Waals surface area (Å²) in [5.41, 5.74) is 0.533. The van der Waals surface area contributed by atoms with Gasteiger partial charge in [-0.2, -0.15) is 4.31 Å². The Bertz CT molecular complexity index is 1220. The molecule has 2 aliphatic heterocycles. The number of para-hydroxylation sites is 2. The molecule has 1 fully saturated rings. The highest BCUT2D eigenvalue weighted by molar-refractivity contribution is 7.89. The zero-order chi connectivity index (χ0) is 25.2. The van der Waals surface area contributed by atoms with Crippen molar-refractivity contribution in [2.45, 2.75) is 30.8 Å². The topological polar surface area (TPSA) is 102 Å². The lowest BCUT2D eigenvalue weighted by Gasteiger charge is -2.38. The van der Waals surface area contributed by atoms with Crippen LogP contribution >= 0.6 is 11.6 Å². The number of esters is 1. The summed E-state index contributed by atoms with van der Waals surface area (Å²) in [6.07, 6.45) is 0.0516. The molecule has 2 atom stereocenters. The van der Waals surface area contributed by atoms with Crippen molar-refractivity contribution in [3.8, 4) is 11.5 Å². The molecule has 2 aromatic rings. The van der Waals surface area contributed by atoms with Crippen molar-refractivity contribution in [2.24, 2.45) is 5.92 Å². The number of carbonyl (C=O) groups is 2. The number of methoxy groups -OCH3 is 1.